The summed E-state index contributed by atoms with van der Waals surface area (Å²) >= 11 is 3.33. The first-order chi connectivity index (χ1) is 5.11. The number of rotatable bonds is 1. The molecule has 4 heteroatoms. The fourth-order valence-electron chi connectivity index (χ4n) is 1.37. The van der Waals surface area contributed by atoms with Crippen molar-refractivity contribution in [2.24, 2.45) is 11.7 Å². The van der Waals surface area contributed by atoms with Gasteiger partial charge in [-0.25, -0.2) is 0 Å². The van der Waals surface area contributed by atoms with Crippen LogP contribution in [0.5, 0.6) is 0 Å². The van der Waals surface area contributed by atoms with Crippen LogP contribution in [-0.2, 0) is 4.79 Å². The molecule has 1 amide bonds. The van der Waals surface area contributed by atoms with E-state index in [4.69, 9.17) is 5.73 Å². The molecule has 64 valence electrons. The fourth-order valence-corrected chi connectivity index (χ4v) is 1.85. The van der Waals surface area contributed by atoms with E-state index < -0.39 is 6.10 Å². The summed E-state index contributed by atoms with van der Waals surface area (Å²) in [6.45, 7) is 0. The average Bonchev–Trinajstić information content (AvgIpc) is 1.94. The highest BCUT2D eigenvalue weighted by Crippen LogP contribution is 2.28. The molecule has 0 heterocycles. The summed E-state index contributed by atoms with van der Waals surface area (Å²) in [5, 5.41) is 9.34. The lowest BCUT2D eigenvalue weighted by atomic mass is 9.87. The first-order valence-electron chi connectivity index (χ1n) is 3.72. The summed E-state index contributed by atoms with van der Waals surface area (Å²) in [4.78, 5) is 10.8. The molecule has 0 aromatic rings. The van der Waals surface area contributed by atoms with Crippen LogP contribution in [0, 0.1) is 5.92 Å². The van der Waals surface area contributed by atoms with Crippen LogP contribution >= 0.6 is 15.9 Å². The molecule has 0 aromatic carbocycles. The summed E-state index contributed by atoms with van der Waals surface area (Å²) in [6, 6.07) is 0. The fraction of sp³-hybridized carbons (Fsp3) is 0.857. The molecule has 3 atom stereocenters. The van der Waals surface area contributed by atoms with E-state index in [0.717, 1.165) is 12.8 Å². The summed E-state index contributed by atoms with van der Waals surface area (Å²) in [5.41, 5.74) is 5.11. The summed E-state index contributed by atoms with van der Waals surface area (Å²) in [6.07, 6.45) is 1.71. The van der Waals surface area contributed by atoms with E-state index >= 15 is 0 Å². The molecule has 1 rings (SSSR count). The molecule has 3 nitrogen and oxygen atoms in total. The Kier molecular flexibility index (Phi) is 2.90. The van der Waals surface area contributed by atoms with Gasteiger partial charge in [-0.15, -0.1) is 0 Å². The van der Waals surface area contributed by atoms with Gasteiger partial charge in [0.1, 0.15) is 0 Å². The van der Waals surface area contributed by atoms with E-state index in [1.165, 1.54) is 0 Å². The number of aliphatic hydroxyl groups excluding tert-OH is 1. The highest BCUT2D eigenvalue weighted by molar-refractivity contribution is 9.09. The Balaban J connectivity index is 2.46. The second kappa shape index (κ2) is 3.54. The molecule has 1 aliphatic rings. The number of hydrogen-bond acceptors (Lipinski definition) is 2. The molecule has 0 aliphatic heterocycles. The standard InChI is InChI=1S/C7H12BrNO2/c8-5-2-1-4(7(9)11)3-6(5)10/h4-6,10H,1-3H2,(H2,9,11)/t4-,5-,6-/m1/s1. The smallest absolute Gasteiger partial charge is 0.220 e. The van der Waals surface area contributed by atoms with Crippen LogP contribution in [0.25, 0.3) is 0 Å². The first kappa shape index (κ1) is 9.00. The quantitative estimate of drug-likeness (QED) is 0.630. The number of hydrogen-bond donors (Lipinski definition) is 2. The van der Waals surface area contributed by atoms with Crippen LogP contribution in [-0.4, -0.2) is 21.9 Å². The summed E-state index contributed by atoms with van der Waals surface area (Å²) in [7, 11) is 0. The van der Waals surface area contributed by atoms with Crippen molar-refractivity contribution < 1.29 is 9.90 Å². The molecule has 1 saturated carbocycles. The third-order valence-electron chi connectivity index (χ3n) is 2.14. The van der Waals surface area contributed by atoms with Gasteiger partial charge in [0, 0.05) is 10.7 Å². The Labute approximate surface area is 74.1 Å². The Morgan fingerprint density at radius 2 is 2.18 bits per heavy atom. The van der Waals surface area contributed by atoms with Crippen LogP contribution in [0.15, 0.2) is 0 Å². The van der Waals surface area contributed by atoms with Gasteiger partial charge in [0.15, 0.2) is 0 Å². The maximum absolute atomic E-state index is 10.7. The zero-order valence-corrected chi connectivity index (χ0v) is 7.75. The number of carbonyl (C=O) groups excluding carboxylic acids is 1. The number of carbonyl (C=O) groups is 1. The first-order valence-corrected chi connectivity index (χ1v) is 4.64. The zero-order valence-electron chi connectivity index (χ0n) is 6.16. The van der Waals surface area contributed by atoms with E-state index in [0.29, 0.717) is 6.42 Å². The van der Waals surface area contributed by atoms with Crippen LogP contribution in [0.1, 0.15) is 19.3 Å². The molecule has 0 aromatic heterocycles. The van der Waals surface area contributed by atoms with Crippen molar-refractivity contribution in [3.8, 4) is 0 Å². The molecule has 11 heavy (non-hydrogen) atoms. The van der Waals surface area contributed by atoms with Crippen LogP contribution in [0.4, 0.5) is 0 Å². The van der Waals surface area contributed by atoms with E-state index in [1.54, 1.807) is 0 Å². The second-order valence-electron chi connectivity index (χ2n) is 3.00. The SMILES string of the molecule is NC(=O)[C@@H]1CC[C@@H](Br)[C@H](O)C1. The van der Waals surface area contributed by atoms with Crippen molar-refractivity contribution in [2.45, 2.75) is 30.2 Å². The Morgan fingerprint density at radius 3 is 2.64 bits per heavy atom. The van der Waals surface area contributed by atoms with Gasteiger partial charge in [-0.3, -0.25) is 4.79 Å². The molecule has 1 fully saturated rings. The highest BCUT2D eigenvalue weighted by Gasteiger charge is 2.29. The molecule has 0 spiro atoms. The molecular weight excluding hydrogens is 210 g/mol. The number of primary amides is 1. The van der Waals surface area contributed by atoms with Crippen LogP contribution in [0.3, 0.4) is 0 Å². The third kappa shape index (κ3) is 2.17. The highest BCUT2D eigenvalue weighted by atomic mass is 79.9. The van der Waals surface area contributed by atoms with Crippen LogP contribution in [0.2, 0.25) is 0 Å². The maximum Gasteiger partial charge on any atom is 0.220 e. The molecule has 1 aliphatic carbocycles. The lowest BCUT2D eigenvalue weighted by molar-refractivity contribution is -0.123. The minimum atomic E-state index is -0.416. The Morgan fingerprint density at radius 1 is 1.55 bits per heavy atom. The lowest BCUT2D eigenvalue weighted by Gasteiger charge is -2.27. The molecular formula is C7H12BrNO2. The normalized spacial score (nSPS) is 38.5. The second-order valence-corrected chi connectivity index (χ2v) is 4.17. The van der Waals surface area contributed by atoms with Crippen molar-refractivity contribution >= 4 is 21.8 Å². The number of aliphatic hydroxyl groups is 1. The number of halogens is 1. The number of alkyl halides is 1. The largest absolute Gasteiger partial charge is 0.392 e. The van der Waals surface area contributed by atoms with E-state index in [-0.39, 0.29) is 16.7 Å². The summed E-state index contributed by atoms with van der Waals surface area (Å²) in [5.74, 6) is -0.415. The minimum absolute atomic E-state index is 0.126. The Hall–Kier alpha value is -0.0900. The van der Waals surface area contributed by atoms with Crippen LogP contribution < -0.4 is 5.73 Å². The van der Waals surface area contributed by atoms with Gasteiger partial charge in [-0.1, -0.05) is 15.9 Å². The van der Waals surface area contributed by atoms with Gasteiger partial charge in [-0.05, 0) is 19.3 Å². The predicted molar refractivity (Wildman–Crippen MR) is 45.3 cm³/mol. The van der Waals surface area contributed by atoms with Gasteiger partial charge >= 0.3 is 0 Å². The summed E-state index contributed by atoms with van der Waals surface area (Å²) < 4.78 is 0. The van der Waals surface area contributed by atoms with Gasteiger partial charge in [0.05, 0.1) is 6.10 Å². The molecule has 3 N–H and O–H groups in total. The van der Waals surface area contributed by atoms with Gasteiger partial charge < -0.3 is 10.8 Å². The van der Waals surface area contributed by atoms with Gasteiger partial charge in [-0.2, -0.15) is 0 Å². The van der Waals surface area contributed by atoms with Crippen molar-refractivity contribution in [2.75, 3.05) is 0 Å². The van der Waals surface area contributed by atoms with Crippen molar-refractivity contribution in [3.05, 3.63) is 0 Å². The van der Waals surface area contributed by atoms with Crippen molar-refractivity contribution in [1.29, 1.82) is 0 Å². The maximum atomic E-state index is 10.7. The van der Waals surface area contributed by atoms with E-state index in [9.17, 15) is 9.90 Å². The average molecular weight is 222 g/mol. The lowest BCUT2D eigenvalue weighted by Crippen LogP contribution is -2.35. The molecule has 0 unspecified atom stereocenters. The Bertz CT molecular complexity index is 163. The molecule has 0 saturated heterocycles. The topological polar surface area (TPSA) is 63.3 Å². The van der Waals surface area contributed by atoms with Crippen molar-refractivity contribution in [3.63, 3.8) is 0 Å². The predicted octanol–water partition coefficient (Wildman–Crippen LogP) is 0.396. The number of amides is 1. The number of nitrogens with two attached hydrogens (primary N) is 1. The van der Waals surface area contributed by atoms with E-state index in [1.807, 2.05) is 0 Å². The molecule has 0 radical (unpaired) electrons. The minimum Gasteiger partial charge on any atom is -0.392 e. The van der Waals surface area contributed by atoms with Gasteiger partial charge in [0.2, 0.25) is 5.91 Å². The van der Waals surface area contributed by atoms with Crippen molar-refractivity contribution in [1.82, 2.24) is 0 Å². The van der Waals surface area contributed by atoms with Gasteiger partial charge in [0.25, 0.3) is 0 Å². The third-order valence-corrected chi connectivity index (χ3v) is 3.20. The monoisotopic (exact) mass is 221 g/mol. The molecule has 0 bridgehead atoms. The zero-order chi connectivity index (χ0) is 8.43. The van der Waals surface area contributed by atoms with E-state index in [2.05, 4.69) is 15.9 Å².